The third-order valence-corrected chi connectivity index (χ3v) is 3.79. The topological polar surface area (TPSA) is 50.4 Å². The van der Waals surface area contributed by atoms with E-state index < -0.39 is 0 Å². The first-order valence-electron chi connectivity index (χ1n) is 5.97. The summed E-state index contributed by atoms with van der Waals surface area (Å²) in [5, 5.41) is 6.30. The van der Waals surface area contributed by atoms with Crippen LogP contribution in [0.25, 0.3) is 0 Å². The summed E-state index contributed by atoms with van der Waals surface area (Å²) in [7, 11) is 0. The van der Waals surface area contributed by atoms with Crippen molar-refractivity contribution in [3.05, 3.63) is 0 Å². The molecule has 15 heavy (non-hydrogen) atoms. The fourth-order valence-corrected chi connectivity index (χ4v) is 2.81. The van der Waals surface area contributed by atoms with E-state index >= 15 is 0 Å². The first-order valence-corrected chi connectivity index (χ1v) is 5.97. The monoisotopic (exact) mass is 210 g/mol. The van der Waals surface area contributed by atoms with Crippen molar-refractivity contribution in [1.82, 2.24) is 10.6 Å². The molecule has 2 bridgehead atoms. The summed E-state index contributed by atoms with van der Waals surface area (Å²) in [6, 6.07) is 0.296. The van der Waals surface area contributed by atoms with Gasteiger partial charge in [-0.05, 0) is 38.3 Å². The number of ether oxygens (including phenoxy) is 1. The van der Waals surface area contributed by atoms with Gasteiger partial charge in [0, 0.05) is 6.42 Å². The summed E-state index contributed by atoms with van der Waals surface area (Å²) in [6.45, 7) is 2.00. The molecule has 0 aliphatic carbocycles. The highest BCUT2D eigenvalue weighted by atomic mass is 16.5. The van der Waals surface area contributed by atoms with Gasteiger partial charge >= 0.3 is 0 Å². The van der Waals surface area contributed by atoms with E-state index in [9.17, 15) is 4.79 Å². The Balaban J connectivity index is 1.46. The molecule has 84 valence electrons. The average molecular weight is 210 g/mol. The largest absolute Gasteiger partial charge is 0.373 e. The predicted octanol–water partition coefficient (Wildman–Crippen LogP) is 0.0320. The van der Waals surface area contributed by atoms with Crippen LogP contribution in [0, 0.1) is 5.92 Å². The molecule has 3 fully saturated rings. The van der Waals surface area contributed by atoms with Gasteiger partial charge in [0.2, 0.25) is 5.91 Å². The van der Waals surface area contributed by atoms with Gasteiger partial charge in [0.05, 0.1) is 18.2 Å². The van der Waals surface area contributed by atoms with E-state index in [2.05, 4.69) is 10.6 Å². The molecular formula is C11H18N2O2. The zero-order valence-corrected chi connectivity index (χ0v) is 8.87. The van der Waals surface area contributed by atoms with Gasteiger partial charge in [-0.25, -0.2) is 0 Å². The molecule has 0 spiro atoms. The van der Waals surface area contributed by atoms with Crippen LogP contribution in [0.5, 0.6) is 0 Å². The van der Waals surface area contributed by atoms with E-state index in [1.807, 2.05) is 0 Å². The van der Waals surface area contributed by atoms with Crippen LogP contribution < -0.4 is 10.6 Å². The number of hydrogen-bond acceptors (Lipinski definition) is 3. The van der Waals surface area contributed by atoms with Crippen molar-refractivity contribution in [1.29, 1.82) is 0 Å². The zero-order chi connectivity index (χ0) is 10.3. The Kier molecular flexibility index (Phi) is 2.41. The van der Waals surface area contributed by atoms with Gasteiger partial charge < -0.3 is 15.4 Å². The normalized spacial score (nSPS) is 39.1. The molecule has 0 aromatic heterocycles. The van der Waals surface area contributed by atoms with Crippen LogP contribution in [0.2, 0.25) is 0 Å². The number of fused-ring (bicyclic) bond motifs is 2. The lowest BCUT2D eigenvalue weighted by atomic mass is 9.94. The Morgan fingerprint density at radius 3 is 2.80 bits per heavy atom. The summed E-state index contributed by atoms with van der Waals surface area (Å²) in [5.41, 5.74) is 0. The fourth-order valence-electron chi connectivity index (χ4n) is 2.81. The van der Waals surface area contributed by atoms with Crippen LogP contribution in [0.1, 0.15) is 25.7 Å². The van der Waals surface area contributed by atoms with Crippen molar-refractivity contribution in [3.63, 3.8) is 0 Å². The maximum absolute atomic E-state index is 11.7. The van der Waals surface area contributed by atoms with Crippen LogP contribution in [0.15, 0.2) is 0 Å². The summed E-state index contributed by atoms with van der Waals surface area (Å²) in [5.74, 6) is 0.771. The van der Waals surface area contributed by atoms with Crippen LogP contribution in [-0.4, -0.2) is 37.2 Å². The number of nitrogens with one attached hydrogen (secondary N) is 2. The van der Waals surface area contributed by atoms with Gasteiger partial charge in [0.1, 0.15) is 0 Å². The Labute approximate surface area is 89.7 Å². The Hall–Kier alpha value is -0.610. The minimum absolute atomic E-state index is 0.211. The van der Waals surface area contributed by atoms with E-state index in [0.717, 1.165) is 25.9 Å². The second-order valence-corrected chi connectivity index (χ2v) is 5.01. The predicted molar refractivity (Wildman–Crippen MR) is 55.4 cm³/mol. The van der Waals surface area contributed by atoms with Crippen molar-refractivity contribution < 1.29 is 9.53 Å². The highest BCUT2D eigenvalue weighted by Gasteiger charge is 2.41. The molecule has 3 heterocycles. The van der Waals surface area contributed by atoms with E-state index in [1.54, 1.807) is 0 Å². The molecule has 0 aromatic carbocycles. The zero-order valence-electron chi connectivity index (χ0n) is 8.87. The van der Waals surface area contributed by atoms with Crippen molar-refractivity contribution in [2.24, 2.45) is 5.92 Å². The molecule has 2 N–H and O–H groups in total. The smallest absolute Gasteiger partial charge is 0.220 e. The third-order valence-electron chi connectivity index (χ3n) is 3.79. The molecule has 0 radical (unpaired) electrons. The standard InChI is InChI=1S/C11H18N2O2/c14-11(3-7-5-12-6-7)13-9-4-8-1-2-10(9)15-8/h7-10,12H,1-6H2,(H,13,14). The second kappa shape index (κ2) is 3.76. The maximum Gasteiger partial charge on any atom is 0.220 e. The molecule has 3 aliphatic heterocycles. The summed E-state index contributed by atoms with van der Waals surface area (Å²) < 4.78 is 5.70. The number of rotatable bonds is 3. The van der Waals surface area contributed by atoms with Crippen LogP contribution >= 0.6 is 0 Å². The van der Waals surface area contributed by atoms with Crippen molar-refractivity contribution >= 4 is 5.91 Å². The average Bonchev–Trinajstić information content (AvgIpc) is 2.72. The number of carbonyl (C=O) groups excluding carboxylic acids is 1. The molecule has 0 saturated carbocycles. The molecule has 3 aliphatic rings. The lowest BCUT2D eigenvalue weighted by Gasteiger charge is -2.27. The maximum atomic E-state index is 11.7. The minimum atomic E-state index is 0.211. The van der Waals surface area contributed by atoms with Gasteiger partial charge in [-0.3, -0.25) is 4.79 Å². The van der Waals surface area contributed by atoms with Gasteiger partial charge in [0.25, 0.3) is 0 Å². The van der Waals surface area contributed by atoms with Crippen molar-refractivity contribution in [2.45, 2.75) is 43.9 Å². The molecule has 3 saturated heterocycles. The molecule has 3 unspecified atom stereocenters. The van der Waals surface area contributed by atoms with E-state index in [4.69, 9.17) is 4.74 Å². The molecule has 4 heteroatoms. The second-order valence-electron chi connectivity index (χ2n) is 5.01. The number of amides is 1. The molecule has 3 rings (SSSR count). The van der Waals surface area contributed by atoms with Gasteiger partial charge in [-0.15, -0.1) is 0 Å². The van der Waals surface area contributed by atoms with E-state index in [1.165, 1.54) is 6.42 Å². The Bertz CT molecular complexity index is 265. The summed E-state index contributed by atoms with van der Waals surface area (Å²) in [6.07, 6.45) is 4.74. The number of carbonyl (C=O) groups is 1. The molecule has 3 atom stereocenters. The Morgan fingerprint density at radius 2 is 2.27 bits per heavy atom. The van der Waals surface area contributed by atoms with Crippen LogP contribution in [0.3, 0.4) is 0 Å². The van der Waals surface area contributed by atoms with Gasteiger partial charge in [0.15, 0.2) is 0 Å². The van der Waals surface area contributed by atoms with Crippen molar-refractivity contribution in [3.8, 4) is 0 Å². The molecular weight excluding hydrogens is 192 g/mol. The minimum Gasteiger partial charge on any atom is -0.373 e. The number of hydrogen-bond donors (Lipinski definition) is 2. The molecule has 1 amide bonds. The SMILES string of the molecule is O=C(CC1CNC1)NC1CC2CCC1O2. The lowest BCUT2D eigenvalue weighted by molar-refractivity contribution is -0.123. The van der Waals surface area contributed by atoms with Gasteiger partial charge in [-0.2, -0.15) is 0 Å². The van der Waals surface area contributed by atoms with E-state index in [-0.39, 0.29) is 5.91 Å². The third kappa shape index (κ3) is 1.88. The molecule has 4 nitrogen and oxygen atoms in total. The molecule has 0 aromatic rings. The highest BCUT2D eigenvalue weighted by Crippen LogP contribution is 2.34. The Morgan fingerprint density at radius 1 is 1.40 bits per heavy atom. The lowest BCUT2D eigenvalue weighted by Crippen LogP contribution is -2.47. The summed E-state index contributed by atoms with van der Waals surface area (Å²) in [4.78, 5) is 11.7. The van der Waals surface area contributed by atoms with Crippen molar-refractivity contribution in [2.75, 3.05) is 13.1 Å². The van der Waals surface area contributed by atoms with E-state index in [0.29, 0.717) is 30.6 Å². The first-order chi connectivity index (χ1) is 7.31. The highest BCUT2D eigenvalue weighted by molar-refractivity contribution is 5.76. The fraction of sp³-hybridized carbons (Fsp3) is 0.909. The van der Waals surface area contributed by atoms with Crippen LogP contribution in [-0.2, 0) is 9.53 Å². The van der Waals surface area contributed by atoms with Gasteiger partial charge in [-0.1, -0.05) is 0 Å². The quantitative estimate of drug-likeness (QED) is 0.691. The summed E-state index contributed by atoms with van der Waals surface area (Å²) >= 11 is 0. The first kappa shape index (κ1) is 9.60. The van der Waals surface area contributed by atoms with Crippen LogP contribution in [0.4, 0.5) is 0 Å².